The van der Waals surface area contributed by atoms with Gasteiger partial charge in [0.15, 0.2) is 0 Å². The van der Waals surface area contributed by atoms with E-state index in [1.807, 2.05) is 38.1 Å². The van der Waals surface area contributed by atoms with Crippen molar-refractivity contribution in [2.24, 2.45) is 4.99 Å². The third-order valence-corrected chi connectivity index (χ3v) is 2.70. The molecule has 1 heterocycles. The van der Waals surface area contributed by atoms with Crippen molar-refractivity contribution in [3.8, 4) is 0 Å². The quantitative estimate of drug-likeness (QED) is 0.616. The summed E-state index contributed by atoms with van der Waals surface area (Å²) >= 11 is 5.82. The standard InChI is InChI=1S/C14H14ClNO.C2H6/c1-4-9(2)13-11-7-5-6-8-12(11)17-14(13)16-10(3)15;1-2/h5-8H,2,4H2,1,3H3;1-2H3/b16-10+;. The fraction of sp³-hybridized carbons (Fsp3) is 0.312. The van der Waals surface area contributed by atoms with Gasteiger partial charge in [-0.25, -0.2) is 4.99 Å². The summed E-state index contributed by atoms with van der Waals surface area (Å²) in [6.07, 6.45) is 0.855. The molecule has 0 amide bonds. The van der Waals surface area contributed by atoms with Gasteiger partial charge in [-0.1, -0.05) is 57.2 Å². The van der Waals surface area contributed by atoms with Gasteiger partial charge in [-0.3, -0.25) is 0 Å². The third kappa shape index (κ3) is 3.48. The van der Waals surface area contributed by atoms with Crippen LogP contribution in [0.25, 0.3) is 16.5 Å². The van der Waals surface area contributed by atoms with Crippen molar-refractivity contribution in [2.75, 3.05) is 0 Å². The van der Waals surface area contributed by atoms with E-state index in [1.54, 1.807) is 6.92 Å². The molecule has 3 heteroatoms. The van der Waals surface area contributed by atoms with E-state index in [0.717, 1.165) is 28.5 Å². The van der Waals surface area contributed by atoms with Crippen LogP contribution in [0.2, 0.25) is 0 Å². The van der Waals surface area contributed by atoms with E-state index in [2.05, 4.69) is 18.5 Å². The number of halogens is 1. The first kappa shape index (κ1) is 15.5. The summed E-state index contributed by atoms with van der Waals surface area (Å²) in [4.78, 5) is 4.22. The van der Waals surface area contributed by atoms with Crippen molar-refractivity contribution in [2.45, 2.75) is 34.1 Å². The van der Waals surface area contributed by atoms with Crippen molar-refractivity contribution < 1.29 is 4.42 Å². The molecule has 2 aromatic rings. The number of allylic oxidation sites excluding steroid dienone is 1. The summed E-state index contributed by atoms with van der Waals surface area (Å²) < 4.78 is 5.70. The fourth-order valence-corrected chi connectivity index (χ4v) is 1.85. The number of furan rings is 1. The number of hydrogen-bond donors (Lipinski definition) is 0. The summed E-state index contributed by atoms with van der Waals surface area (Å²) in [5.74, 6) is 0.547. The number of para-hydroxylation sites is 1. The maximum Gasteiger partial charge on any atom is 0.228 e. The van der Waals surface area contributed by atoms with Gasteiger partial charge in [-0.15, -0.1) is 0 Å². The normalized spacial score (nSPS) is 11.1. The number of aliphatic imine (C=N–C) groups is 1. The lowest BCUT2D eigenvalue weighted by Gasteiger charge is -2.00. The van der Waals surface area contributed by atoms with Gasteiger partial charge in [0.2, 0.25) is 5.88 Å². The Balaban J connectivity index is 0.000000861. The van der Waals surface area contributed by atoms with Gasteiger partial charge in [0, 0.05) is 5.39 Å². The van der Waals surface area contributed by atoms with E-state index in [-0.39, 0.29) is 0 Å². The number of rotatable bonds is 3. The maximum absolute atomic E-state index is 5.82. The molecule has 1 aromatic heterocycles. The summed E-state index contributed by atoms with van der Waals surface area (Å²) in [7, 11) is 0. The maximum atomic E-state index is 5.82. The summed E-state index contributed by atoms with van der Waals surface area (Å²) in [6, 6.07) is 7.85. The molecule has 0 aliphatic carbocycles. The van der Waals surface area contributed by atoms with Crippen LogP contribution in [0.5, 0.6) is 0 Å². The molecule has 0 bridgehead atoms. The molecule has 102 valence electrons. The highest BCUT2D eigenvalue weighted by molar-refractivity contribution is 6.65. The Morgan fingerprint density at radius 3 is 2.53 bits per heavy atom. The van der Waals surface area contributed by atoms with Crippen molar-refractivity contribution in [3.05, 3.63) is 36.4 Å². The average Bonchev–Trinajstić information content (AvgIpc) is 2.77. The minimum atomic E-state index is 0.453. The lowest BCUT2D eigenvalue weighted by atomic mass is 10.0. The number of fused-ring (bicyclic) bond motifs is 1. The first-order valence-electron chi connectivity index (χ1n) is 6.54. The summed E-state index contributed by atoms with van der Waals surface area (Å²) in [6.45, 7) is 11.9. The zero-order chi connectivity index (χ0) is 14.4. The smallest absolute Gasteiger partial charge is 0.228 e. The van der Waals surface area contributed by atoms with Crippen LogP contribution in [0.4, 0.5) is 5.88 Å². The minimum Gasteiger partial charge on any atom is -0.438 e. The molecule has 0 spiro atoms. The Hall–Kier alpha value is -1.54. The molecule has 0 aliphatic heterocycles. The van der Waals surface area contributed by atoms with E-state index in [1.165, 1.54) is 0 Å². The fourth-order valence-electron chi connectivity index (χ4n) is 1.77. The molecule has 0 aliphatic rings. The van der Waals surface area contributed by atoms with Crippen LogP contribution >= 0.6 is 11.6 Å². The zero-order valence-electron chi connectivity index (χ0n) is 12.0. The van der Waals surface area contributed by atoms with Crippen molar-refractivity contribution in [1.29, 1.82) is 0 Å². The summed E-state index contributed by atoms with van der Waals surface area (Å²) in [5, 5.41) is 1.49. The van der Waals surface area contributed by atoms with Gasteiger partial charge in [0.05, 0.1) is 5.56 Å². The predicted molar refractivity (Wildman–Crippen MR) is 85.5 cm³/mol. The molecule has 1 aromatic carbocycles. The molecular formula is C16H20ClNO. The lowest BCUT2D eigenvalue weighted by Crippen LogP contribution is -1.81. The highest BCUT2D eigenvalue weighted by Crippen LogP contribution is 2.37. The average molecular weight is 278 g/mol. The highest BCUT2D eigenvalue weighted by atomic mass is 35.5. The first-order valence-corrected chi connectivity index (χ1v) is 6.91. The number of benzene rings is 1. The Labute approximate surface area is 119 Å². The van der Waals surface area contributed by atoms with E-state index in [4.69, 9.17) is 16.0 Å². The highest BCUT2D eigenvalue weighted by Gasteiger charge is 2.15. The molecule has 0 saturated carbocycles. The zero-order valence-corrected chi connectivity index (χ0v) is 12.7. The second-order valence-electron chi connectivity index (χ2n) is 3.84. The second kappa shape index (κ2) is 7.15. The SMILES string of the molecule is C=C(CC)c1c(/N=C(\C)Cl)oc2ccccc12.CC. The van der Waals surface area contributed by atoms with Crippen LogP contribution in [-0.4, -0.2) is 5.17 Å². The van der Waals surface area contributed by atoms with Crippen LogP contribution in [0.15, 0.2) is 40.3 Å². The van der Waals surface area contributed by atoms with Crippen LogP contribution in [0, 0.1) is 0 Å². The van der Waals surface area contributed by atoms with Crippen LogP contribution < -0.4 is 0 Å². The lowest BCUT2D eigenvalue weighted by molar-refractivity contribution is 0.625. The largest absolute Gasteiger partial charge is 0.438 e. The van der Waals surface area contributed by atoms with Crippen molar-refractivity contribution >= 4 is 39.2 Å². The molecule has 0 atom stereocenters. The molecule has 2 nitrogen and oxygen atoms in total. The topological polar surface area (TPSA) is 25.5 Å². The molecular weight excluding hydrogens is 258 g/mol. The number of nitrogens with zero attached hydrogens (tertiary/aromatic N) is 1. The Bertz CT molecular complexity index is 592. The molecule has 2 rings (SSSR count). The molecule has 0 saturated heterocycles. The van der Waals surface area contributed by atoms with Gasteiger partial charge in [0.1, 0.15) is 10.8 Å². The van der Waals surface area contributed by atoms with Crippen molar-refractivity contribution in [1.82, 2.24) is 0 Å². The van der Waals surface area contributed by atoms with Gasteiger partial charge in [-0.05, 0) is 25.0 Å². The molecule has 19 heavy (non-hydrogen) atoms. The van der Waals surface area contributed by atoms with Crippen LogP contribution in [0.3, 0.4) is 0 Å². The van der Waals surface area contributed by atoms with Crippen LogP contribution in [-0.2, 0) is 0 Å². The van der Waals surface area contributed by atoms with E-state index >= 15 is 0 Å². The molecule has 0 radical (unpaired) electrons. The minimum absolute atomic E-state index is 0.453. The van der Waals surface area contributed by atoms with Crippen molar-refractivity contribution in [3.63, 3.8) is 0 Å². The van der Waals surface area contributed by atoms with Gasteiger partial charge in [0.25, 0.3) is 0 Å². The Kier molecular flexibility index (Phi) is 5.84. The molecule has 0 unspecified atom stereocenters. The summed E-state index contributed by atoms with van der Waals surface area (Å²) in [5.41, 5.74) is 2.78. The van der Waals surface area contributed by atoms with E-state index < -0.39 is 0 Å². The van der Waals surface area contributed by atoms with Gasteiger partial charge < -0.3 is 4.42 Å². The number of hydrogen-bond acceptors (Lipinski definition) is 2. The van der Waals surface area contributed by atoms with Gasteiger partial charge >= 0.3 is 0 Å². The van der Waals surface area contributed by atoms with Gasteiger partial charge in [-0.2, -0.15) is 0 Å². The Morgan fingerprint density at radius 2 is 1.95 bits per heavy atom. The molecule has 0 fully saturated rings. The first-order chi connectivity index (χ1) is 9.13. The predicted octanol–water partition coefficient (Wildman–Crippen LogP) is 6.17. The molecule has 0 N–H and O–H groups in total. The Morgan fingerprint density at radius 1 is 1.32 bits per heavy atom. The van der Waals surface area contributed by atoms with E-state index in [0.29, 0.717) is 11.1 Å². The van der Waals surface area contributed by atoms with Crippen LogP contribution in [0.1, 0.15) is 39.7 Å². The monoisotopic (exact) mass is 277 g/mol. The third-order valence-electron chi connectivity index (χ3n) is 2.61. The van der Waals surface area contributed by atoms with E-state index in [9.17, 15) is 0 Å². The second-order valence-corrected chi connectivity index (χ2v) is 4.39.